The predicted molar refractivity (Wildman–Crippen MR) is 88.2 cm³/mol. The van der Waals surface area contributed by atoms with E-state index in [0.717, 1.165) is 11.8 Å². The number of ether oxygens (including phenoxy) is 1. The third-order valence-electron chi connectivity index (χ3n) is 3.94. The molecule has 0 fully saturated rings. The van der Waals surface area contributed by atoms with Crippen LogP contribution in [0.5, 0.6) is 0 Å². The molecule has 120 valence electrons. The van der Waals surface area contributed by atoms with Gasteiger partial charge in [-0.15, -0.1) is 0 Å². The second-order valence-electron chi connectivity index (χ2n) is 5.50. The molecular weight excluding hydrogens is 295 g/mol. The first-order valence-corrected chi connectivity index (χ1v) is 7.61. The number of pyridine rings is 1. The molecule has 3 aromatic rings. The standard InChI is InChI=1S/C18H19FN2O2/c1-23-12-4-9-20-10-7-14-8-11-21(17(14)18(20)22)13-15-5-2-3-6-16(15)19/h2-3,5-8,10-11H,4,9,12-13H2,1H3. The Morgan fingerprint density at radius 1 is 1.09 bits per heavy atom. The molecule has 5 heteroatoms. The summed E-state index contributed by atoms with van der Waals surface area (Å²) >= 11 is 0. The molecular formula is C18H19FN2O2. The van der Waals surface area contributed by atoms with E-state index in [0.29, 0.717) is 30.8 Å². The third-order valence-corrected chi connectivity index (χ3v) is 3.94. The van der Waals surface area contributed by atoms with E-state index in [1.165, 1.54) is 6.07 Å². The van der Waals surface area contributed by atoms with E-state index in [9.17, 15) is 9.18 Å². The maximum Gasteiger partial charge on any atom is 0.275 e. The Balaban J connectivity index is 1.97. The van der Waals surface area contributed by atoms with Crippen molar-refractivity contribution in [2.24, 2.45) is 0 Å². The fourth-order valence-electron chi connectivity index (χ4n) is 2.74. The topological polar surface area (TPSA) is 36.2 Å². The second kappa shape index (κ2) is 6.79. The molecule has 23 heavy (non-hydrogen) atoms. The molecule has 0 amide bonds. The molecule has 0 unspecified atom stereocenters. The summed E-state index contributed by atoms with van der Waals surface area (Å²) in [6.07, 6.45) is 4.40. The number of nitrogens with zero attached hydrogens (tertiary/aromatic N) is 2. The lowest BCUT2D eigenvalue weighted by Crippen LogP contribution is -2.22. The summed E-state index contributed by atoms with van der Waals surface area (Å²) in [5, 5.41) is 0.870. The normalized spacial score (nSPS) is 11.2. The number of halogens is 1. The second-order valence-corrected chi connectivity index (χ2v) is 5.50. The van der Waals surface area contributed by atoms with Gasteiger partial charge in [0, 0.05) is 43.6 Å². The van der Waals surface area contributed by atoms with Crippen LogP contribution in [0.1, 0.15) is 12.0 Å². The first-order chi connectivity index (χ1) is 11.2. The van der Waals surface area contributed by atoms with Gasteiger partial charge >= 0.3 is 0 Å². The Kier molecular flexibility index (Phi) is 4.57. The maximum absolute atomic E-state index is 13.9. The minimum Gasteiger partial charge on any atom is -0.385 e. The molecule has 4 nitrogen and oxygen atoms in total. The maximum atomic E-state index is 13.9. The van der Waals surface area contributed by atoms with Gasteiger partial charge in [0.2, 0.25) is 0 Å². The molecule has 0 bridgehead atoms. The molecule has 0 aliphatic carbocycles. The molecule has 3 rings (SSSR count). The Morgan fingerprint density at radius 3 is 2.57 bits per heavy atom. The van der Waals surface area contributed by atoms with Crippen molar-refractivity contribution in [1.29, 1.82) is 0 Å². The number of hydrogen-bond donors (Lipinski definition) is 0. The van der Waals surface area contributed by atoms with E-state index in [2.05, 4.69) is 0 Å². The van der Waals surface area contributed by atoms with Crippen molar-refractivity contribution in [3.63, 3.8) is 0 Å². The van der Waals surface area contributed by atoms with Gasteiger partial charge in [-0.1, -0.05) is 18.2 Å². The Labute approximate surface area is 133 Å². The lowest BCUT2D eigenvalue weighted by molar-refractivity contribution is 0.190. The molecule has 0 atom stereocenters. The first-order valence-electron chi connectivity index (χ1n) is 7.61. The molecule has 0 N–H and O–H groups in total. The van der Waals surface area contributed by atoms with Crippen LogP contribution >= 0.6 is 0 Å². The summed E-state index contributed by atoms with van der Waals surface area (Å²) in [7, 11) is 1.64. The van der Waals surface area contributed by atoms with Crippen LogP contribution in [-0.4, -0.2) is 22.9 Å². The summed E-state index contributed by atoms with van der Waals surface area (Å²) < 4.78 is 22.4. The SMILES string of the molecule is COCCCn1ccc2ccn(Cc3ccccc3F)c2c1=O. The van der Waals surface area contributed by atoms with Crippen LogP contribution in [-0.2, 0) is 17.8 Å². The summed E-state index contributed by atoms with van der Waals surface area (Å²) in [5.74, 6) is -0.259. The molecule has 1 aromatic carbocycles. The van der Waals surface area contributed by atoms with Crippen LogP contribution in [0.3, 0.4) is 0 Å². The Morgan fingerprint density at radius 2 is 1.83 bits per heavy atom. The van der Waals surface area contributed by atoms with Crippen molar-refractivity contribution in [3.8, 4) is 0 Å². The van der Waals surface area contributed by atoms with Crippen LogP contribution in [0.4, 0.5) is 4.39 Å². The molecule has 0 saturated carbocycles. The Hall–Kier alpha value is -2.40. The van der Waals surface area contributed by atoms with Crippen LogP contribution in [0.25, 0.3) is 10.9 Å². The fraction of sp³-hybridized carbons (Fsp3) is 0.278. The molecule has 0 spiro atoms. The molecule has 0 radical (unpaired) electrons. The Bertz CT molecular complexity index is 867. The zero-order valence-corrected chi connectivity index (χ0v) is 13.0. The van der Waals surface area contributed by atoms with Crippen molar-refractivity contribution in [2.45, 2.75) is 19.5 Å². The van der Waals surface area contributed by atoms with Crippen LogP contribution in [0.2, 0.25) is 0 Å². The van der Waals surface area contributed by atoms with Gasteiger partial charge in [-0.05, 0) is 24.6 Å². The lowest BCUT2D eigenvalue weighted by Gasteiger charge is -2.09. The van der Waals surface area contributed by atoms with Crippen LogP contribution in [0.15, 0.2) is 53.6 Å². The van der Waals surface area contributed by atoms with Gasteiger partial charge in [0.25, 0.3) is 5.56 Å². The highest BCUT2D eigenvalue weighted by atomic mass is 19.1. The smallest absolute Gasteiger partial charge is 0.275 e. The average molecular weight is 314 g/mol. The zero-order valence-electron chi connectivity index (χ0n) is 13.0. The van der Waals surface area contributed by atoms with Gasteiger partial charge in [0.15, 0.2) is 0 Å². The number of rotatable bonds is 6. The van der Waals surface area contributed by atoms with Gasteiger partial charge in [-0.25, -0.2) is 4.39 Å². The quantitative estimate of drug-likeness (QED) is 0.656. The number of fused-ring (bicyclic) bond motifs is 1. The van der Waals surface area contributed by atoms with Crippen molar-refractivity contribution in [2.75, 3.05) is 13.7 Å². The van der Waals surface area contributed by atoms with Crippen molar-refractivity contribution in [1.82, 2.24) is 9.13 Å². The van der Waals surface area contributed by atoms with Crippen molar-refractivity contribution >= 4 is 10.9 Å². The predicted octanol–water partition coefficient (Wildman–Crippen LogP) is 3.03. The largest absolute Gasteiger partial charge is 0.385 e. The van der Waals surface area contributed by atoms with Gasteiger partial charge in [-0.3, -0.25) is 4.79 Å². The highest BCUT2D eigenvalue weighted by molar-refractivity contribution is 5.79. The van der Waals surface area contributed by atoms with E-state index < -0.39 is 0 Å². The number of aryl methyl sites for hydroxylation is 1. The number of benzene rings is 1. The van der Waals surface area contributed by atoms with Crippen LogP contribution in [0, 0.1) is 5.82 Å². The van der Waals surface area contributed by atoms with Crippen molar-refractivity contribution in [3.05, 3.63) is 70.5 Å². The molecule has 0 aliphatic heterocycles. The number of hydrogen-bond acceptors (Lipinski definition) is 2. The highest BCUT2D eigenvalue weighted by Gasteiger charge is 2.10. The summed E-state index contributed by atoms with van der Waals surface area (Å²) in [4.78, 5) is 12.7. The zero-order chi connectivity index (χ0) is 16.2. The minimum atomic E-state index is -0.259. The molecule has 2 aromatic heterocycles. The molecule has 0 aliphatic rings. The number of aromatic nitrogens is 2. The summed E-state index contributed by atoms with van der Waals surface area (Å²) in [6.45, 7) is 1.56. The van der Waals surface area contributed by atoms with E-state index in [-0.39, 0.29) is 11.4 Å². The summed E-state index contributed by atoms with van der Waals surface area (Å²) in [5.41, 5.74) is 1.12. The highest BCUT2D eigenvalue weighted by Crippen LogP contribution is 2.15. The lowest BCUT2D eigenvalue weighted by atomic mass is 10.2. The van der Waals surface area contributed by atoms with Gasteiger partial charge < -0.3 is 13.9 Å². The average Bonchev–Trinajstić information content (AvgIpc) is 2.96. The van der Waals surface area contributed by atoms with Crippen LogP contribution < -0.4 is 5.56 Å². The first kappa shape index (κ1) is 15.5. The third kappa shape index (κ3) is 3.19. The van der Waals surface area contributed by atoms with Gasteiger partial charge in [0.1, 0.15) is 11.3 Å². The molecule has 2 heterocycles. The minimum absolute atomic E-state index is 0.0556. The monoisotopic (exact) mass is 314 g/mol. The van der Waals surface area contributed by atoms with E-state index in [1.807, 2.05) is 22.9 Å². The van der Waals surface area contributed by atoms with E-state index in [1.54, 1.807) is 36.1 Å². The van der Waals surface area contributed by atoms with Crippen molar-refractivity contribution < 1.29 is 9.13 Å². The molecule has 0 saturated heterocycles. The number of methoxy groups -OCH3 is 1. The van der Waals surface area contributed by atoms with E-state index >= 15 is 0 Å². The van der Waals surface area contributed by atoms with Gasteiger partial charge in [-0.2, -0.15) is 0 Å². The fourth-order valence-corrected chi connectivity index (χ4v) is 2.74. The van der Waals surface area contributed by atoms with Gasteiger partial charge in [0.05, 0.1) is 6.54 Å². The van der Waals surface area contributed by atoms with E-state index in [4.69, 9.17) is 4.74 Å². The summed E-state index contributed by atoms with van der Waals surface area (Å²) in [6, 6.07) is 10.4.